The molecule has 3 aliphatic carbocycles. The highest BCUT2D eigenvalue weighted by atomic mass is 79.9. The smallest absolute Gasteiger partial charge is 0.283 e. The fourth-order valence-corrected chi connectivity index (χ4v) is 5.71. The fourth-order valence-electron chi connectivity index (χ4n) is 4.93. The molecule has 1 aromatic rings. The SMILES string of the molecule is C[C@@H](NC(=O)Cn1nc(C(F)F)c(Br)c1C1CC1)[C@H]1C[C@H]2CC[C@H]1C2. The first kappa shape index (κ1) is 17.4. The Bertz CT molecular complexity index is 674. The normalized spacial score (nSPS) is 29.4. The summed E-state index contributed by atoms with van der Waals surface area (Å²) in [6.07, 6.45) is 4.44. The summed E-state index contributed by atoms with van der Waals surface area (Å²) in [6, 6.07) is 0.140. The monoisotopic (exact) mass is 415 g/mol. The van der Waals surface area contributed by atoms with Crippen molar-refractivity contribution in [3.8, 4) is 0 Å². The lowest BCUT2D eigenvalue weighted by Gasteiger charge is -2.28. The Labute approximate surface area is 154 Å². The largest absolute Gasteiger partial charge is 0.352 e. The van der Waals surface area contributed by atoms with Crippen molar-refractivity contribution >= 4 is 21.8 Å². The Kier molecular flexibility index (Phi) is 4.63. The van der Waals surface area contributed by atoms with Gasteiger partial charge in [-0.2, -0.15) is 5.10 Å². The summed E-state index contributed by atoms with van der Waals surface area (Å²) in [6.45, 7) is 2.09. The average molecular weight is 416 g/mol. The molecule has 0 spiro atoms. The Morgan fingerprint density at radius 1 is 1.32 bits per heavy atom. The maximum atomic E-state index is 13.1. The molecule has 1 heterocycles. The number of nitrogens with one attached hydrogen (secondary N) is 1. The Balaban J connectivity index is 1.43. The Morgan fingerprint density at radius 3 is 2.64 bits per heavy atom. The zero-order chi connectivity index (χ0) is 17.7. The van der Waals surface area contributed by atoms with E-state index in [1.165, 1.54) is 30.4 Å². The Hall–Kier alpha value is -0.980. The molecule has 1 amide bonds. The molecule has 2 bridgehead atoms. The summed E-state index contributed by atoms with van der Waals surface area (Å²) >= 11 is 3.26. The molecule has 4 rings (SSSR count). The molecule has 0 radical (unpaired) electrons. The third-order valence-corrected chi connectivity index (χ3v) is 7.06. The van der Waals surface area contributed by atoms with E-state index in [9.17, 15) is 13.6 Å². The molecule has 0 saturated heterocycles. The van der Waals surface area contributed by atoms with Crippen molar-refractivity contribution in [3.63, 3.8) is 0 Å². The highest BCUT2D eigenvalue weighted by Crippen LogP contribution is 2.49. The highest BCUT2D eigenvalue weighted by molar-refractivity contribution is 9.10. The molecular weight excluding hydrogens is 392 g/mol. The van der Waals surface area contributed by atoms with E-state index in [0.29, 0.717) is 10.4 Å². The zero-order valence-corrected chi connectivity index (χ0v) is 15.9. The van der Waals surface area contributed by atoms with Crippen LogP contribution in [0.1, 0.15) is 69.2 Å². The van der Waals surface area contributed by atoms with Gasteiger partial charge in [0, 0.05) is 12.0 Å². The number of halogens is 3. The molecule has 3 saturated carbocycles. The highest BCUT2D eigenvalue weighted by Gasteiger charge is 2.42. The van der Waals surface area contributed by atoms with Crippen molar-refractivity contribution < 1.29 is 13.6 Å². The number of nitrogens with zero attached hydrogens (tertiary/aromatic N) is 2. The van der Waals surface area contributed by atoms with E-state index in [2.05, 4.69) is 33.3 Å². The molecule has 25 heavy (non-hydrogen) atoms. The average Bonchev–Trinajstić information content (AvgIpc) is 3.02. The van der Waals surface area contributed by atoms with E-state index in [-0.39, 0.29) is 30.1 Å². The van der Waals surface area contributed by atoms with Gasteiger partial charge in [0.05, 0.1) is 10.2 Å². The van der Waals surface area contributed by atoms with Crippen molar-refractivity contribution in [1.82, 2.24) is 15.1 Å². The van der Waals surface area contributed by atoms with Gasteiger partial charge in [-0.1, -0.05) is 6.42 Å². The summed E-state index contributed by atoms with van der Waals surface area (Å²) in [5, 5.41) is 7.11. The van der Waals surface area contributed by atoms with Crippen LogP contribution in [0.4, 0.5) is 8.78 Å². The quantitative estimate of drug-likeness (QED) is 0.747. The summed E-state index contributed by atoms with van der Waals surface area (Å²) in [7, 11) is 0. The number of rotatable bonds is 6. The van der Waals surface area contributed by atoms with Gasteiger partial charge in [0.1, 0.15) is 12.2 Å². The van der Waals surface area contributed by atoms with Crippen LogP contribution in [0.15, 0.2) is 4.47 Å². The molecule has 3 aliphatic rings. The second-order valence-corrected chi connectivity index (χ2v) is 8.80. The van der Waals surface area contributed by atoms with Gasteiger partial charge in [0.25, 0.3) is 6.43 Å². The first-order chi connectivity index (χ1) is 11.9. The number of carbonyl (C=O) groups excluding carboxylic acids is 1. The van der Waals surface area contributed by atoms with Gasteiger partial charge in [0.2, 0.25) is 5.91 Å². The minimum atomic E-state index is -2.64. The number of hydrogen-bond acceptors (Lipinski definition) is 2. The molecule has 0 aromatic carbocycles. The molecule has 4 nitrogen and oxygen atoms in total. The molecule has 1 N–H and O–H groups in total. The number of carbonyl (C=O) groups is 1. The molecule has 0 unspecified atom stereocenters. The van der Waals surface area contributed by atoms with Crippen LogP contribution in [0.5, 0.6) is 0 Å². The molecule has 7 heteroatoms. The first-order valence-corrected chi connectivity index (χ1v) is 10.1. The molecular formula is C18H24BrF2N3O. The van der Waals surface area contributed by atoms with E-state index in [0.717, 1.165) is 30.4 Å². The van der Waals surface area contributed by atoms with Crippen LogP contribution >= 0.6 is 15.9 Å². The minimum Gasteiger partial charge on any atom is -0.352 e. The van der Waals surface area contributed by atoms with Crippen molar-refractivity contribution in [2.24, 2.45) is 17.8 Å². The molecule has 4 atom stereocenters. The maximum Gasteiger partial charge on any atom is 0.283 e. The maximum absolute atomic E-state index is 13.1. The van der Waals surface area contributed by atoms with Crippen molar-refractivity contribution in [3.05, 3.63) is 15.9 Å². The van der Waals surface area contributed by atoms with Crippen LogP contribution in [0.3, 0.4) is 0 Å². The van der Waals surface area contributed by atoms with Crippen molar-refractivity contribution in [2.45, 2.75) is 70.4 Å². The second-order valence-electron chi connectivity index (χ2n) is 8.01. The van der Waals surface area contributed by atoms with E-state index in [1.807, 2.05) is 0 Å². The predicted molar refractivity (Wildman–Crippen MR) is 93.4 cm³/mol. The molecule has 1 aromatic heterocycles. The lowest BCUT2D eigenvalue weighted by atomic mass is 9.84. The number of fused-ring (bicyclic) bond motifs is 2. The summed E-state index contributed by atoms with van der Waals surface area (Å²) in [5.41, 5.74) is 0.494. The van der Waals surface area contributed by atoms with Gasteiger partial charge in [-0.05, 0) is 72.7 Å². The molecule has 3 fully saturated rings. The number of amides is 1. The minimum absolute atomic E-state index is 0.0162. The van der Waals surface area contributed by atoms with Crippen LogP contribution in [0, 0.1) is 17.8 Å². The first-order valence-electron chi connectivity index (χ1n) is 9.27. The standard InChI is InChI=1S/C18H24BrF2N3O/c1-9(13-7-10-2-3-12(13)6-10)22-14(25)8-24-17(11-4-5-11)15(19)16(23-24)18(20)21/h9-13,18H,2-8H2,1H3,(H,22,25)/t9-,10+,12+,13-/m1/s1. The molecule has 138 valence electrons. The number of alkyl halides is 2. The lowest BCUT2D eigenvalue weighted by Crippen LogP contribution is -2.41. The fraction of sp³-hybridized carbons (Fsp3) is 0.778. The van der Waals surface area contributed by atoms with Gasteiger partial charge < -0.3 is 5.32 Å². The van der Waals surface area contributed by atoms with Gasteiger partial charge >= 0.3 is 0 Å². The topological polar surface area (TPSA) is 46.9 Å². The van der Waals surface area contributed by atoms with Crippen molar-refractivity contribution in [1.29, 1.82) is 0 Å². The third kappa shape index (κ3) is 3.36. The van der Waals surface area contributed by atoms with Gasteiger partial charge in [-0.3, -0.25) is 9.48 Å². The van der Waals surface area contributed by atoms with Crippen LogP contribution < -0.4 is 5.32 Å². The van der Waals surface area contributed by atoms with Crippen LogP contribution in [0.25, 0.3) is 0 Å². The van der Waals surface area contributed by atoms with Gasteiger partial charge in [-0.15, -0.1) is 0 Å². The lowest BCUT2D eigenvalue weighted by molar-refractivity contribution is -0.123. The van der Waals surface area contributed by atoms with Crippen LogP contribution in [-0.4, -0.2) is 21.7 Å². The van der Waals surface area contributed by atoms with E-state index < -0.39 is 6.43 Å². The van der Waals surface area contributed by atoms with Crippen LogP contribution in [-0.2, 0) is 11.3 Å². The van der Waals surface area contributed by atoms with Crippen molar-refractivity contribution in [2.75, 3.05) is 0 Å². The van der Waals surface area contributed by atoms with E-state index in [4.69, 9.17) is 0 Å². The Morgan fingerprint density at radius 2 is 2.08 bits per heavy atom. The third-order valence-electron chi connectivity index (χ3n) is 6.24. The van der Waals surface area contributed by atoms with E-state index >= 15 is 0 Å². The van der Waals surface area contributed by atoms with Gasteiger partial charge in [0.15, 0.2) is 0 Å². The summed E-state index contributed by atoms with van der Waals surface area (Å²) in [4.78, 5) is 12.5. The zero-order valence-electron chi connectivity index (χ0n) is 14.4. The number of aromatic nitrogens is 2. The summed E-state index contributed by atoms with van der Waals surface area (Å²) < 4.78 is 28.1. The predicted octanol–water partition coefficient (Wildman–Crippen LogP) is 4.40. The number of hydrogen-bond donors (Lipinski definition) is 1. The van der Waals surface area contributed by atoms with Gasteiger partial charge in [-0.25, -0.2) is 8.78 Å². The molecule has 0 aliphatic heterocycles. The summed E-state index contributed by atoms with van der Waals surface area (Å²) in [5.74, 6) is 2.25. The van der Waals surface area contributed by atoms with Crippen LogP contribution in [0.2, 0.25) is 0 Å². The second kappa shape index (κ2) is 6.63. The van der Waals surface area contributed by atoms with E-state index in [1.54, 1.807) is 0 Å².